The molecule has 2 heterocycles. The molecule has 0 saturated carbocycles. The fourth-order valence-corrected chi connectivity index (χ4v) is 2.75. The number of pyridine rings is 1. The van der Waals surface area contributed by atoms with Crippen LogP contribution in [0, 0.1) is 0 Å². The molecule has 0 fully saturated rings. The van der Waals surface area contributed by atoms with Crippen molar-refractivity contribution in [2.75, 3.05) is 11.9 Å². The highest BCUT2D eigenvalue weighted by Gasteiger charge is 2.16. The Labute approximate surface area is 136 Å². The molecule has 23 heavy (non-hydrogen) atoms. The molecule has 2 aromatic heterocycles. The fraction of sp³-hybridized carbons (Fsp3) is 0.263. The molecule has 0 amide bonds. The van der Waals surface area contributed by atoms with Gasteiger partial charge in [-0.25, -0.2) is 4.52 Å². The first-order chi connectivity index (χ1) is 11.2. The zero-order chi connectivity index (χ0) is 16.4. The van der Waals surface area contributed by atoms with Gasteiger partial charge in [0.25, 0.3) is 0 Å². The summed E-state index contributed by atoms with van der Waals surface area (Å²) in [5, 5.41) is 4.68. The van der Waals surface area contributed by atoms with Gasteiger partial charge >= 0.3 is 0 Å². The van der Waals surface area contributed by atoms with Gasteiger partial charge in [0, 0.05) is 24.7 Å². The molecule has 0 bridgehead atoms. The quantitative estimate of drug-likeness (QED) is 0.661. The minimum atomic E-state index is 0.145. The predicted molar refractivity (Wildman–Crippen MR) is 93.7 cm³/mol. The van der Waals surface area contributed by atoms with Crippen LogP contribution in [-0.2, 0) is 6.42 Å². The maximum absolute atomic E-state index is 12.2. The number of benzene rings is 1. The van der Waals surface area contributed by atoms with Crippen molar-refractivity contribution in [2.24, 2.45) is 0 Å². The lowest BCUT2D eigenvalue weighted by atomic mass is 10.1. The number of carbonyl (C=O) groups is 1. The number of para-hydroxylation sites is 1. The van der Waals surface area contributed by atoms with Crippen LogP contribution < -0.4 is 4.90 Å². The van der Waals surface area contributed by atoms with Gasteiger partial charge in [0.2, 0.25) is 0 Å². The van der Waals surface area contributed by atoms with Crippen molar-refractivity contribution < 1.29 is 4.79 Å². The van der Waals surface area contributed by atoms with Crippen LogP contribution in [0.5, 0.6) is 0 Å². The van der Waals surface area contributed by atoms with Gasteiger partial charge < -0.3 is 4.90 Å². The highest BCUT2D eigenvalue weighted by atomic mass is 16.1. The van der Waals surface area contributed by atoms with Crippen LogP contribution in [0.15, 0.2) is 48.5 Å². The summed E-state index contributed by atoms with van der Waals surface area (Å²) in [6.45, 7) is 3.96. The van der Waals surface area contributed by atoms with Gasteiger partial charge in [-0.1, -0.05) is 32.0 Å². The lowest BCUT2D eigenvalue weighted by Gasteiger charge is -2.21. The third kappa shape index (κ3) is 2.72. The molecule has 0 N–H and O–H groups in total. The number of aromatic nitrogens is 2. The number of anilines is 2. The molecule has 0 aliphatic heterocycles. The first kappa shape index (κ1) is 15.3. The molecule has 4 nitrogen and oxygen atoms in total. The van der Waals surface area contributed by atoms with Crippen LogP contribution in [-0.4, -0.2) is 22.4 Å². The highest BCUT2D eigenvalue weighted by molar-refractivity contribution is 6.02. The van der Waals surface area contributed by atoms with E-state index in [1.807, 2.05) is 54.9 Å². The summed E-state index contributed by atoms with van der Waals surface area (Å²) in [6.07, 6.45) is 1.34. The van der Waals surface area contributed by atoms with E-state index in [4.69, 9.17) is 0 Å². The Balaban J connectivity index is 2.19. The summed E-state index contributed by atoms with van der Waals surface area (Å²) >= 11 is 0. The smallest absolute Gasteiger partial charge is 0.164 e. The number of hydrogen-bond donors (Lipinski definition) is 0. The molecule has 0 aliphatic carbocycles. The number of nitrogens with zero attached hydrogens (tertiary/aromatic N) is 3. The van der Waals surface area contributed by atoms with Crippen molar-refractivity contribution in [3.8, 4) is 0 Å². The molecule has 0 atom stereocenters. The Kier molecular flexibility index (Phi) is 4.15. The summed E-state index contributed by atoms with van der Waals surface area (Å²) in [5.41, 5.74) is 3.69. The van der Waals surface area contributed by atoms with Crippen molar-refractivity contribution in [2.45, 2.75) is 26.7 Å². The average molecular weight is 307 g/mol. The Hall–Kier alpha value is -2.62. The van der Waals surface area contributed by atoms with Crippen molar-refractivity contribution in [1.82, 2.24) is 9.61 Å². The number of carbonyl (C=O) groups excluding carboxylic acids is 1. The fourth-order valence-electron chi connectivity index (χ4n) is 2.75. The second-order valence-corrected chi connectivity index (χ2v) is 5.56. The topological polar surface area (TPSA) is 37.6 Å². The van der Waals surface area contributed by atoms with Gasteiger partial charge in [-0.2, -0.15) is 5.10 Å². The number of hydrogen-bond acceptors (Lipinski definition) is 3. The summed E-state index contributed by atoms with van der Waals surface area (Å²) in [4.78, 5) is 14.3. The van der Waals surface area contributed by atoms with Crippen molar-refractivity contribution in [3.05, 3.63) is 59.8 Å². The van der Waals surface area contributed by atoms with Gasteiger partial charge in [0.05, 0.1) is 11.2 Å². The van der Waals surface area contributed by atoms with Gasteiger partial charge in [-0.3, -0.25) is 4.79 Å². The molecule has 0 unspecified atom stereocenters. The highest BCUT2D eigenvalue weighted by Crippen LogP contribution is 2.27. The largest absolute Gasteiger partial charge is 0.329 e. The molecule has 0 spiro atoms. The first-order valence-corrected chi connectivity index (χ1v) is 7.99. The SMILES string of the molecule is CCC(=O)c1ccc(N(C)c2ccccc2)n2nc(CC)cc12. The molecular formula is C19H21N3O. The normalized spacial score (nSPS) is 10.9. The van der Waals surface area contributed by atoms with Gasteiger partial charge in [-0.15, -0.1) is 0 Å². The maximum atomic E-state index is 12.2. The van der Waals surface area contributed by atoms with Crippen LogP contribution in [0.1, 0.15) is 36.3 Å². The second-order valence-electron chi connectivity index (χ2n) is 5.56. The van der Waals surface area contributed by atoms with E-state index in [2.05, 4.69) is 29.1 Å². The third-order valence-electron chi connectivity index (χ3n) is 4.12. The molecule has 118 valence electrons. The second kappa shape index (κ2) is 6.24. The number of ketones is 1. The zero-order valence-corrected chi connectivity index (χ0v) is 13.8. The summed E-state index contributed by atoms with van der Waals surface area (Å²) in [5.74, 6) is 1.09. The zero-order valence-electron chi connectivity index (χ0n) is 13.8. The van der Waals surface area contributed by atoms with Crippen LogP contribution in [0.25, 0.3) is 5.52 Å². The van der Waals surface area contributed by atoms with Gasteiger partial charge in [0.1, 0.15) is 5.82 Å². The van der Waals surface area contributed by atoms with E-state index in [9.17, 15) is 4.79 Å². The van der Waals surface area contributed by atoms with E-state index in [1.54, 1.807) is 0 Å². The minimum absolute atomic E-state index is 0.145. The van der Waals surface area contributed by atoms with Crippen molar-refractivity contribution >= 4 is 22.8 Å². The van der Waals surface area contributed by atoms with E-state index in [1.165, 1.54) is 0 Å². The van der Waals surface area contributed by atoms with Crippen molar-refractivity contribution in [3.63, 3.8) is 0 Å². The standard InChI is InChI=1S/C19H21N3O/c1-4-14-13-17-16(18(23)5-2)11-12-19(22(17)20-14)21(3)15-9-7-6-8-10-15/h6-13H,4-5H2,1-3H3. The average Bonchev–Trinajstić information content (AvgIpc) is 3.04. The molecule has 0 radical (unpaired) electrons. The number of aryl methyl sites for hydroxylation is 1. The van der Waals surface area contributed by atoms with Gasteiger partial charge in [0.15, 0.2) is 5.78 Å². The Bertz CT molecular complexity index is 836. The van der Waals surface area contributed by atoms with E-state index in [-0.39, 0.29) is 5.78 Å². The molecular weight excluding hydrogens is 286 g/mol. The third-order valence-corrected chi connectivity index (χ3v) is 4.12. The summed E-state index contributed by atoms with van der Waals surface area (Å²) < 4.78 is 1.88. The molecule has 4 heteroatoms. The van der Waals surface area contributed by atoms with Crippen LogP contribution >= 0.6 is 0 Å². The summed E-state index contributed by atoms with van der Waals surface area (Å²) in [6, 6.07) is 16.0. The van der Waals surface area contributed by atoms with Crippen LogP contribution in [0.3, 0.4) is 0 Å². The summed E-state index contributed by atoms with van der Waals surface area (Å²) in [7, 11) is 2.01. The number of Topliss-reactive ketones (excluding diaryl/α,β-unsaturated/α-hetero) is 1. The minimum Gasteiger partial charge on any atom is -0.329 e. The lowest BCUT2D eigenvalue weighted by Crippen LogP contribution is -2.15. The predicted octanol–water partition coefficient (Wildman–Crippen LogP) is 4.26. The number of rotatable bonds is 5. The van der Waals surface area contributed by atoms with Crippen molar-refractivity contribution in [1.29, 1.82) is 0 Å². The van der Waals surface area contributed by atoms with E-state index in [0.717, 1.165) is 34.7 Å². The molecule has 0 aliphatic rings. The molecule has 3 aromatic rings. The first-order valence-electron chi connectivity index (χ1n) is 7.99. The van der Waals surface area contributed by atoms with Crippen LogP contribution in [0.2, 0.25) is 0 Å². The molecule has 0 saturated heterocycles. The monoisotopic (exact) mass is 307 g/mol. The van der Waals surface area contributed by atoms with E-state index < -0.39 is 0 Å². The van der Waals surface area contributed by atoms with Crippen LogP contribution in [0.4, 0.5) is 11.5 Å². The van der Waals surface area contributed by atoms with Gasteiger partial charge in [-0.05, 0) is 36.8 Å². The Morgan fingerprint density at radius 1 is 1.13 bits per heavy atom. The lowest BCUT2D eigenvalue weighted by molar-refractivity contribution is 0.0989. The molecule has 3 rings (SSSR count). The Morgan fingerprint density at radius 2 is 1.87 bits per heavy atom. The maximum Gasteiger partial charge on any atom is 0.164 e. The van der Waals surface area contributed by atoms with E-state index in [0.29, 0.717) is 6.42 Å². The van der Waals surface area contributed by atoms with E-state index >= 15 is 0 Å². The molecule has 1 aromatic carbocycles. The number of fused-ring (bicyclic) bond motifs is 1. The Morgan fingerprint density at radius 3 is 2.52 bits per heavy atom.